The number of aromatic hydroxyl groups is 2. The second kappa shape index (κ2) is 7.17. The third-order valence-electron chi connectivity index (χ3n) is 3.99. The summed E-state index contributed by atoms with van der Waals surface area (Å²) in [5.74, 6) is -0.595. The van der Waals surface area contributed by atoms with E-state index >= 15 is 0 Å². The van der Waals surface area contributed by atoms with Crippen molar-refractivity contribution in [3.63, 3.8) is 0 Å². The summed E-state index contributed by atoms with van der Waals surface area (Å²) >= 11 is 0. The second-order valence-electron chi connectivity index (χ2n) is 5.75. The quantitative estimate of drug-likeness (QED) is 0.657. The smallest absolute Gasteiger partial charge is 0.295 e. The van der Waals surface area contributed by atoms with Gasteiger partial charge >= 0.3 is 0 Å². The van der Waals surface area contributed by atoms with Crippen LogP contribution >= 0.6 is 0 Å². The molecule has 3 aromatic rings. The Hall–Kier alpha value is -3.15. The van der Waals surface area contributed by atoms with Gasteiger partial charge in [-0.15, -0.1) is 10.2 Å². The maximum absolute atomic E-state index is 12.1. The number of benzene rings is 2. The molecule has 6 nitrogen and oxygen atoms in total. The van der Waals surface area contributed by atoms with E-state index in [0.717, 1.165) is 23.7 Å². The molecule has 0 bridgehead atoms. The minimum Gasteiger partial charge on any atom is -0.508 e. The van der Waals surface area contributed by atoms with Gasteiger partial charge in [-0.25, -0.2) is 0 Å². The number of rotatable bonds is 5. The number of aryl methyl sites for hydroxylation is 1. The largest absolute Gasteiger partial charge is 0.508 e. The van der Waals surface area contributed by atoms with Gasteiger partial charge in [-0.2, -0.15) is 0 Å². The summed E-state index contributed by atoms with van der Waals surface area (Å²) in [7, 11) is 0. The Balaban J connectivity index is 1.98. The molecule has 3 rings (SSSR count). The molecule has 0 unspecified atom stereocenters. The van der Waals surface area contributed by atoms with E-state index < -0.39 is 5.91 Å². The Morgan fingerprint density at radius 2 is 1.92 bits per heavy atom. The predicted molar refractivity (Wildman–Crippen MR) is 95.5 cm³/mol. The Morgan fingerprint density at radius 3 is 2.68 bits per heavy atom. The molecule has 1 heterocycles. The van der Waals surface area contributed by atoms with Crippen LogP contribution in [0.5, 0.6) is 11.6 Å². The lowest BCUT2D eigenvalue weighted by molar-refractivity contribution is 0.0994. The maximum Gasteiger partial charge on any atom is 0.295 e. The summed E-state index contributed by atoms with van der Waals surface area (Å²) in [6, 6.07) is 13.4. The Morgan fingerprint density at radius 1 is 1.12 bits per heavy atom. The Kier molecular flexibility index (Phi) is 4.79. The number of phenolic OH excluding ortho intramolecular Hbond substituents is 1. The number of aromatic nitrogens is 1. The molecular formula is C19H19N3O3. The van der Waals surface area contributed by atoms with E-state index in [4.69, 9.17) is 0 Å². The minimum absolute atomic E-state index is 0.00195. The minimum atomic E-state index is -0.583. The first-order valence-electron chi connectivity index (χ1n) is 8.17. The van der Waals surface area contributed by atoms with Crippen LogP contribution in [0.1, 0.15) is 30.1 Å². The van der Waals surface area contributed by atoms with Crippen molar-refractivity contribution in [3.05, 3.63) is 54.1 Å². The fourth-order valence-electron chi connectivity index (χ4n) is 2.70. The van der Waals surface area contributed by atoms with Gasteiger partial charge in [0.1, 0.15) is 5.75 Å². The van der Waals surface area contributed by atoms with Gasteiger partial charge in [0.05, 0.1) is 5.52 Å². The highest BCUT2D eigenvalue weighted by atomic mass is 16.3. The zero-order chi connectivity index (χ0) is 17.8. The third kappa shape index (κ3) is 3.38. The molecule has 2 aromatic carbocycles. The van der Waals surface area contributed by atoms with Gasteiger partial charge in [0, 0.05) is 17.5 Å². The van der Waals surface area contributed by atoms with Crippen LogP contribution < -0.4 is 0 Å². The number of nitrogens with zero attached hydrogens (tertiary/aromatic N) is 3. The topological polar surface area (TPSA) is 87.2 Å². The highest BCUT2D eigenvalue weighted by molar-refractivity contribution is 5.97. The molecule has 0 aliphatic carbocycles. The van der Waals surface area contributed by atoms with Crippen LogP contribution in [0.3, 0.4) is 0 Å². The van der Waals surface area contributed by atoms with Gasteiger partial charge < -0.3 is 14.8 Å². The van der Waals surface area contributed by atoms with Crippen molar-refractivity contribution < 1.29 is 15.0 Å². The Bertz CT molecular complexity index is 944. The molecule has 0 fully saturated rings. The number of carbonyl (C=O) groups excluding carboxylic acids is 1. The van der Waals surface area contributed by atoms with Gasteiger partial charge in [-0.3, -0.25) is 4.79 Å². The van der Waals surface area contributed by atoms with Crippen molar-refractivity contribution in [1.29, 1.82) is 0 Å². The summed E-state index contributed by atoms with van der Waals surface area (Å²) in [5, 5.41) is 28.4. The van der Waals surface area contributed by atoms with Crippen molar-refractivity contribution in [3.8, 4) is 11.6 Å². The lowest BCUT2D eigenvalue weighted by Gasteiger charge is -2.05. The molecule has 0 spiro atoms. The molecule has 0 saturated heterocycles. The average Bonchev–Trinajstić information content (AvgIpc) is 2.89. The van der Waals surface area contributed by atoms with Crippen LogP contribution in [0.25, 0.3) is 10.9 Å². The first-order valence-corrected chi connectivity index (χ1v) is 8.17. The van der Waals surface area contributed by atoms with E-state index in [-0.39, 0.29) is 22.9 Å². The molecule has 1 amide bonds. The standard InChI is InChI=1S/C19H19N3O3/c1-2-3-11-22-16-10-5-4-9-15(16)17(19(22)25)20-21-18(24)13-7-6-8-14(23)12-13/h4-10,12,23,25H,2-3,11H2,1H3. The number of para-hydroxylation sites is 1. The number of unbranched alkanes of at least 4 members (excludes halogenated alkanes) is 1. The van der Waals surface area contributed by atoms with Gasteiger partial charge in [0.25, 0.3) is 5.91 Å². The van der Waals surface area contributed by atoms with Crippen LogP contribution in [-0.2, 0) is 6.54 Å². The summed E-state index contributed by atoms with van der Waals surface area (Å²) in [4.78, 5) is 12.1. The number of fused-ring (bicyclic) bond motifs is 1. The predicted octanol–water partition coefficient (Wildman–Crippen LogP) is 4.78. The molecule has 6 heteroatoms. The molecule has 0 aliphatic rings. The van der Waals surface area contributed by atoms with E-state index in [1.54, 1.807) is 16.7 Å². The van der Waals surface area contributed by atoms with E-state index in [2.05, 4.69) is 17.2 Å². The summed E-state index contributed by atoms with van der Waals surface area (Å²) in [6.07, 6.45) is 1.92. The van der Waals surface area contributed by atoms with Gasteiger partial charge in [-0.1, -0.05) is 37.6 Å². The van der Waals surface area contributed by atoms with Crippen molar-refractivity contribution in [1.82, 2.24) is 4.57 Å². The number of hydrogen-bond acceptors (Lipinski definition) is 4. The summed E-state index contributed by atoms with van der Waals surface area (Å²) in [6.45, 7) is 2.75. The maximum atomic E-state index is 12.1. The fraction of sp³-hybridized carbons (Fsp3) is 0.211. The molecule has 1 aromatic heterocycles. The van der Waals surface area contributed by atoms with Crippen molar-refractivity contribution >= 4 is 22.5 Å². The van der Waals surface area contributed by atoms with Gasteiger partial charge in [-0.05, 0) is 30.7 Å². The number of hydrogen-bond donors (Lipinski definition) is 2. The molecule has 2 N–H and O–H groups in total. The van der Waals surface area contributed by atoms with Crippen LogP contribution in [0.4, 0.5) is 5.69 Å². The molecule has 0 atom stereocenters. The van der Waals surface area contributed by atoms with Crippen molar-refractivity contribution in [2.24, 2.45) is 10.2 Å². The summed E-state index contributed by atoms with van der Waals surface area (Å²) in [5.41, 5.74) is 1.37. The average molecular weight is 337 g/mol. The Labute approximate surface area is 145 Å². The highest BCUT2D eigenvalue weighted by Gasteiger charge is 2.16. The molecule has 0 radical (unpaired) electrons. The second-order valence-corrected chi connectivity index (χ2v) is 5.75. The monoisotopic (exact) mass is 337 g/mol. The molecular weight excluding hydrogens is 318 g/mol. The lowest BCUT2D eigenvalue weighted by Crippen LogP contribution is -1.96. The molecule has 0 aliphatic heterocycles. The number of azo groups is 1. The first-order chi connectivity index (χ1) is 12.1. The first kappa shape index (κ1) is 16.7. The molecule has 25 heavy (non-hydrogen) atoms. The van der Waals surface area contributed by atoms with E-state index in [0.29, 0.717) is 6.54 Å². The number of phenols is 1. The van der Waals surface area contributed by atoms with Gasteiger partial charge in [0.2, 0.25) is 5.88 Å². The van der Waals surface area contributed by atoms with Crippen LogP contribution in [0.15, 0.2) is 58.8 Å². The van der Waals surface area contributed by atoms with Crippen LogP contribution in [0, 0.1) is 0 Å². The normalized spacial score (nSPS) is 11.4. The van der Waals surface area contributed by atoms with E-state index in [9.17, 15) is 15.0 Å². The van der Waals surface area contributed by atoms with E-state index in [1.165, 1.54) is 12.1 Å². The zero-order valence-electron chi connectivity index (χ0n) is 13.9. The van der Waals surface area contributed by atoms with Crippen LogP contribution in [0.2, 0.25) is 0 Å². The zero-order valence-corrected chi connectivity index (χ0v) is 13.9. The molecule has 128 valence electrons. The SMILES string of the molecule is CCCCn1c(O)c(N=NC(=O)c2cccc(O)c2)c2ccccc21. The third-order valence-corrected chi connectivity index (χ3v) is 3.99. The number of amides is 1. The van der Waals surface area contributed by atoms with E-state index in [1.807, 2.05) is 24.3 Å². The van der Waals surface area contributed by atoms with Crippen molar-refractivity contribution in [2.45, 2.75) is 26.3 Å². The lowest BCUT2D eigenvalue weighted by atomic mass is 10.2. The van der Waals surface area contributed by atoms with Crippen LogP contribution in [-0.4, -0.2) is 20.7 Å². The summed E-state index contributed by atoms with van der Waals surface area (Å²) < 4.78 is 1.78. The fourth-order valence-corrected chi connectivity index (χ4v) is 2.70. The molecule has 0 saturated carbocycles. The number of carbonyl (C=O) groups is 1. The van der Waals surface area contributed by atoms with Gasteiger partial charge in [0.15, 0.2) is 5.69 Å². The van der Waals surface area contributed by atoms with Crippen molar-refractivity contribution in [2.75, 3.05) is 0 Å². The highest BCUT2D eigenvalue weighted by Crippen LogP contribution is 2.39.